The number of ether oxygens (including phenoxy) is 2. The zero-order valence-electron chi connectivity index (χ0n) is 14.2. The average molecular weight is 346 g/mol. The first kappa shape index (κ1) is 16.8. The first-order chi connectivity index (χ1) is 11.6. The van der Waals surface area contributed by atoms with E-state index in [0.29, 0.717) is 23.7 Å². The Morgan fingerprint density at radius 3 is 2.83 bits per heavy atom. The topological polar surface area (TPSA) is 50.8 Å². The second-order valence-corrected chi connectivity index (χ2v) is 6.81. The molecule has 0 saturated carbocycles. The molecular formula is C18H22N2O3S. The third-order valence-corrected chi connectivity index (χ3v) is 5.41. The molecule has 1 unspecified atom stereocenters. The molecule has 0 saturated heterocycles. The molecule has 1 amide bonds. The highest BCUT2D eigenvalue weighted by Crippen LogP contribution is 2.33. The molecule has 2 heterocycles. The molecule has 1 aromatic carbocycles. The van der Waals surface area contributed by atoms with Gasteiger partial charge < -0.3 is 14.8 Å². The van der Waals surface area contributed by atoms with E-state index in [2.05, 4.69) is 28.6 Å². The van der Waals surface area contributed by atoms with Crippen molar-refractivity contribution in [3.8, 4) is 11.5 Å². The van der Waals surface area contributed by atoms with Gasteiger partial charge in [-0.3, -0.25) is 9.69 Å². The summed E-state index contributed by atoms with van der Waals surface area (Å²) in [6.45, 7) is 3.45. The Morgan fingerprint density at radius 1 is 1.29 bits per heavy atom. The molecule has 128 valence electrons. The van der Waals surface area contributed by atoms with Crippen LogP contribution < -0.4 is 14.8 Å². The summed E-state index contributed by atoms with van der Waals surface area (Å²) in [7, 11) is 3.17. The summed E-state index contributed by atoms with van der Waals surface area (Å²) in [5.74, 6) is 1.22. The van der Waals surface area contributed by atoms with E-state index in [1.54, 1.807) is 26.4 Å². The molecule has 1 aliphatic heterocycles. The van der Waals surface area contributed by atoms with E-state index in [1.165, 1.54) is 10.4 Å². The number of amides is 1. The molecule has 3 rings (SSSR count). The van der Waals surface area contributed by atoms with E-state index in [1.807, 2.05) is 17.4 Å². The second-order valence-electron chi connectivity index (χ2n) is 5.81. The minimum absolute atomic E-state index is 0.0206. The molecular weight excluding hydrogens is 324 g/mol. The lowest BCUT2D eigenvalue weighted by molar-refractivity contribution is -0.117. The van der Waals surface area contributed by atoms with Crippen LogP contribution in [0.1, 0.15) is 23.4 Å². The molecule has 1 N–H and O–H groups in total. The molecule has 0 bridgehead atoms. The van der Waals surface area contributed by atoms with E-state index < -0.39 is 0 Å². The molecule has 0 fully saturated rings. The summed E-state index contributed by atoms with van der Waals surface area (Å²) in [6.07, 6.45) is 1.01. The average Bonchev–Trinajstić information content (AvgIpc) is 3.06. The third-order valence-electron chi connectivity index (χ3n) is 4.42. The highest BCUT2D eigenvalue weighted by atomic mass is 32.1. The van der Waals surface area contributed by atoms with Gasteiger partial charge in [-0.15, -0.1) is 11.3 Å². The number of benzene rings is 1. The Labute approximate surface area is 146 Å². The fraction of sp³-hybridized carbons (Fsp3) is 0.389. The normalized spacial score (nSPS) is 17.2. The maximum absolute atomic E-state index is 12.4. The molecule has 24 heavy (non-hydrogen) atoms. The van der Waals surface area contributed by atoms with Crippen LogP contribution in [0.3, 0.4) is 0 Å². The number of carbonyl (C=O) groups is 1. The summed E-state index contributed by atoms with van der Waals surface area (Å²) in [6, 6.07) is 7.82. The van der Waals surface area contributed by atoms with E-state index in [4.69, 9.17) is 9.47 Å². The number of anilines is 1. The van der Waals surface area contributed by atoms with Gasteiger partial charge in [0.15, 0.2) is 11.5 Å². The number of rotatable bonds is 5. The number of hydrogen-bond acceptors (Lipinski definition) is 5. The molecule has 1 aromatic heterocycles. The molecule has 0 spiro atoms. The van der Waals surface area contributed by atoms with Crippen LogP contribution in [0, 0.1) is 0 Å². The van der Waals surface area contributed by atoms with Crippen molar-refractivity contribution < 1.29 is 14.3 Å². The van der Waals surface area contributed by atoms with Crippen LogP contribution in [0.5, 0.6) is 11.5 Å². The number of fused-ring (bicyclic) bond motifs is 1. The fourth-order valence-corrected chi connectivity index (χ4v) is 4.04. The molecule has 0 aliphatic carbocycles. The van der Waals surface area contributed by atoms with Crippen molar-refractivity contribution in [2.75, 3.05) is 32.6 Å². The Kier molecular flexibility index (Phi) is 5.06. The summed E-state index contributed by atoms with van der Waals surface area (Å²) in [5, 5.41) is 5.07. The van der Waals surface area contributed by atoms with Crippen LogP contribution >= 0.6 is 11.3 Å². The maximum Gasteiger partial charge on any atom is 0.238 e. The number of hydrogen-bond donors (Lipinski definition) is 1. The first-order valence-corrected chi connectivity index (χ1v) is 8.82. The lowest BCUT2D eigenvalue weighted by Crippen LogP contribution is -2.39. The zero-order valence-corrected chi connectivity index (χ0v) is 15.0. The van der Waals surface area contributed by atoms with Gasteiger partial charge in [0.05, 0.1) is 20.8 Å². The van der Waals surface area contributed by atoms with Gasteiger partial charge in [-0.25, -0.2) is 0 Å². The second kappa shape index (κ2) is 7.23. The highest BCUT2D eigenvalue weighted by Gasteiger charge is 2.26. The van der Waals surface area contributed by atoms with Crippen LogP contribution in [-0.4, -0.2) is 38.1 Å². The molecule has 0 radical (unpaired) electrons. The lowest BCUT2D eigenvalue weighted by Gasteiger charge is -2.32. The van der Waals surface area contributed by atoms with Crippen LogP contribution in [0.2, 0.25) is 0 Å². The largest absolute Gasteiger partial charge is 0.493 e. The van der Waals surface area contributed by atoms with Crippen LogP contribution in [-0.2, 0) is 11.2 Å². The smallest absolute Gasteiger partial charge is 0.238 e. The quantitative estimate of drug-likeness (QED) is 0.902. The summed E-state index contributed by atoms with van der Waals surface area (Å²) < 4.78 is 10.5. The Bertz CT molecular complexity index is 729. The highest BCUT2D eigenvalue weighted by molar-refractivity contribution is 7.10. The predicted octanol–water partition coefficient (Wildman–Crippen LogP) is 3.32. The van der Waals surface area contributed by atoms with Gasteiger partial charge in [0, 0.05) is 29.2 Å². The standard InChI is InChI=1S/C18H22N2O3S/c1-12-14-7-9-24-17(14)6-8-20(12)11-18(21)19-13-4-5-15(22-2)16(10-13)23-3/h4-5,7,9-10,12H,6,8,11H2,1-3H3,(H,19,21). The molecule has 1 aliphatic rings. The van der Waals surface area contributed by atoms with E-state index in [9.17, 15) is 4.79 Å². The van der Waals surface area contributed by atoms with E-state index >= 15 is 0 Å². The Balaban J connectivity index is 1.64. The zero-order chi connectivity index (χ0) is 17.1. The van der Waals surface area contributed by atoms with Gasteiger partial charge in [-0.1, -0.05) is 0 Å². The summed E-state index contributed by atoms with van der Waals surface area (Å²) in [4.78, 5) is 16.1. The van der Waals surface area contributed by atoms with Gasteiger partial charge in [-0.2, -0.15) is 0 Å². The van der Waals surface area contributed by atoms with Crippen LogP contribution in [0.4, 0.5) is 5.69 Å². The van der Waals surface area contributed by atoms with Gasteiger partial charge in [0.2, 0.25) is 5.91 Å². The predicted molar refractivity (Wildman–Crippen MR) is 96.2 cm³/mol. The number of carbonyl (C=O) groups excluding carboxylic acids is 1. The summed E-state index contributed by atoms with van der Waals surface area (Å²) in [5.41, 5.74) is 2.06. The van der Waals surface area contributed by atoms with Crippen molar-refractivity contribution in [3.63, 3.8) is 0 Å². The first-order valence-electron chi connectivity index (χ1n) is 7.94. The number of nitrogens with zero attached hydrogens (tertiary/aromatic N) is 1. The van der Waals surface area contributed by atoms with E-state index in [-0.39, 0.29) is 11.9 Å². The number of methoxy groups -OCH3 is 2. The molecule has 1 atom stereocenters. The Hall–Kier alpha value is -2.05. The molecule has 5 nitrogen and oxygen atoms in total. The van der Waals surface area contributed by atoms with Gasteiger partial charge in [0.25, 0.3) is 0 Å². The van der Waals surface area contributed by atoms with Gasteiger partial charge in [-0.05, 0) is 42.5 Å². The van der Waals surface area contributed by atoms with Crippen molar-refractivity contribution in [2.45, 2.75) is 19.4 Å². The van der Waals surface area contributed by atoms with Crippen molar-refractivity contribution in [2.24, 2.45) is 0 Å². The SMILES string of the molecule is COc1ccc(NC(=O)CN2CCc3sccc3C2C)cc1OC. The van der Waals surface area contributed by atoms with Crippen molar-refractivity contribution >= 4 is 22.9 Å². The number of thiophene rings is 1. The van der Waals surface area contributed by atoms with E-state index in [0.717, 1.165) is 13.0 Å². The Morgan fingerprint density at radius 2 is 2.08 bits per heavy atom. The minimum Gasteiger partial charge on any atom is -0.493 e. The van der Waals surface area contributed by atoms with Crippen molar-refractivity contribution in [3.05, 3.63) is 40.1 Å². The lowest BCUT2D eigenvalue weighted by atomic mass is 10.0. The fourth-order valence-electron chi connectivity index (χ4n) is 3.08. The van der Waals surface area contributed by atoms with Crippen LogP contribution in [0.25, 0.3) is 0 Å². The maximum atomic E-state index is 12.4. The van der Waals surface area contributed by atoms with Crippen LogP contribution in [0.15, 0.2) is 29.6 Å². The van der Waals surface area contributed by atoms with Gasteiger partial charge in [0.1, 0.15) is 0 Å². The third kappa shape index (κ3) is 3.39. The molecule has 6 heteroatoms. The van der Waals surface area contributed by atoms with Crippen molar-refractivity contribution in [1.29, 1.82) is 0 Å². The van der Waals surface area contributed by atoms with Crippen molar-refractivity contribution in [1.82, 2.24) is 4.90 Å². The molecule has 2 aromatic rings. The monoisotopic (exact) mass is 346 g/mol. The summed E-state index contributed by atoms with van der Waals surface area (Å²) >= 11 is 1.81. The van der Waals surface area contributed by atoms with Gasteiger partial charge >= 0.3 is 0 Å². The minimum atomic E-state index is -0.0206. The number of nitrogens with one attached hydrogen (secondary N) is 1.